The molecule has 7 heteroatoms. The summed E-state index contributed by atoms with van der Waals surface area (Å²) < 4.78 is 0. The lowest BCUT2D eigenvalue weighted by molar-refractivity contribution is 0.244. The average molecular weight is 350 g/mol. The highest BCUT2D eigenvalue weighted by Gasteiger charge is 2.15. The minimum absolute atomic E-state index is 0.0112. The number of hydrogen-bond donors (Lipinski definition) is 2. The number of urea groups is 1. The van der Waals surface area contributed by atoms with E-state index in [9.17, 15) is 4.79 Å². The summed E-state index contributed by atoms with van der Waals surface area (Å²) in [4.78, 5) is 25.1. The van der Waals surface area contributed by atoms with E-state index in [-0.39, 0.29) is 6.04 Å². The molecule has 3 N–H and O–H groups in total. The molecule has 2 amide bonds. The number of pyridine rings is 3. The third kappa shape index (κ3) is 3.62. The van der Waals surface area contributed by atoms with Gasteiger partial charge in [0, 0.05) is 41.8 Å². The fraction of sp³-hybridized carbons (Fsp3) is 0.263. The van der Waals surface area contributed by atoms with Crippen LogP contribution in [-0.2, 0) is 6.42 Å². The third-order valence-corrected chi connectivity index (χ3v) is 4.03. The first-order chi connectivity index (χ1) is 12.5. The molecule has 26 heavy (non-hydrogen) atoms. The molecule has 0 bridgehead atoms. The van der Waals surface area contributed by atoms with Crippen molar-refractivity contribution in [2.75, 3.05) is 5.01 Å². The van der Waals surface area contributed by atoms with E-state index in [1.807, 2.05) is 32.2 Å². The molecule has 0 saturated heterocycles. The van der Waals surface area contributed by atoms with E-state index in [1.54, 1.807) is 24.7 Å². The zero-order valence-electron chi connectivity index (χ0n) is 15.1. The number of hydrazine groups is 1. The van der Waals surface area contributed by atoms with E-state index in [0.29, 0.717) is 5.82 Å². The topological polar surface area (TPSA) is 97.0 Å². The Morgan fingerprint density at radius 2 is 1.96 bits per heavy atom. The van der Waals surface area contributed by atoms with Crippen LogP contribution in [0.2, 0.25) is 0 Å². The number of anilines is 1. The van der Waals surface area contributed by atoms with Crippen molar-refractivity contribution in [3.8, 4) is 11.3 Å². The van der Waals surface area contributed by atoms with Crippen molar-refractivity contribution in [2.45, 2.75) is 33.2 Å². The molecule has 3 aromatic heterocycles. The monoisotopic (exact) mass is 350 g/mol. The second kappa shape index (κ2) is 7.45. The largest absolute Gasteiger partial charge is 0.337 e. The fourth-order valence-electron chi connectivity index (χ4n) is 2.69. The predicted molar refractivity (Wildman–Crippen MR) is 102 cm³/mol. The van der Waals surface area contributed by atoms with Crippen LogP contribution in [0.3, 0.4) is 0 Å². The first-order valence-corrected chi connectivity index (χ1v) is 8.54. The molecule has 0 atom stereocenters. The van der Waals surface area contributed by atoms with Crippen molar-refractivity contribution >= 4 is 22.6 Å². The molecule has 0 spiro atoms. The molecule has 134 valence electrons. The second-order valence-corrected chi connectivity index (χ2v) is 6.32. The normalized spacial score (nSPS) is 11.0. The van der Waals surface area contributed by atoms with Crippen LogP contribution in [0.4, 0.5) is 10.6 Å². The summed E-state index contributed by atoms with van der Waals surface area (Å²) in [5.41, 5.74) is 3.00. The Bertz CT molecular complexity index is 940. The Kier molecular flexibility index (Phi) is 5.09. The van der Waals surface area contributed by atoms with Gasteiger partial charge in [-0.25, -0.2) is 20.6 Å². The standard InChI is InChI=1S/C19H22N6O/c1-4-13-5-6-21-11-16(13)17-7-14-8-18(23-10-15(14)9-22-17)25(20)19(26)24-12(2)3/h5-12H,4,20H2,1-3H3,(H,24,26). The van der Waals surface area contributed by atoms with Crippen LogP contribution < -0.4 is 16.2 Å². The van der Waals surface area contributed by atoms with Crippen LogP contribution in [0.25, 0.3) is 22.0 Å². The summed E-state index contributed by atoms with van der Waals surface area (Å²) in [5, 5.41) is 5.53. The van der Waals surface area contributed by atoms with Crippen molar-refractivity contribution in [2.24, 2.45) is 5.84 Å². The third-order valence-electron chi connectivity index (χ3n) is 4.03. The Hall–Kier alpha value is -3.06. The fourth-order valence-corrected chi connectivity index (χ4v) is 2.69. The summed E-state index contributed by atoms with van der Waals surface area (Å²) >= 11 is 0. The molecule has 0 aliphatic carbocycles. The quantitative estimate of drug-likeness (QED) is 0.428. The van der Waals surface area contributed by atoms with E-state index in [0.717, 1.165) is 33.5 Å². The van der Waals surface area contributed by atoms with Gasteiger partial charge in [0.25, 0.3) is 0 Å². The number of nitrogens with one attached hydrogen (secondary N) is 1. The molecular weight excluding hydrogens is 328 g/mol. The maximum absolute atomic E-state index is 12.1. The molecule has 3 rings (SSSR count). The molecule has 0 fully saturated rings. The van der Waals surface area contributed by atoms with Gasteiger partial charge < -0.3 is 5.32 Å². The zero-order chi connectivity index (χ0) is 18.7. The lowest BCUT2D eigenvalue weighted by Gasteiger charge is -2.18. The van der Waals surface area contributed by atoms with E-state index < -0.39 is 6.03 Å². The van der Waals surface area contributed by atoms with Crippen molar-refractivity contribution in [1.82, 2.24) is 20.3 Å². The van der Waals surface area contributed by atoms with Crippen LogP contribution in [-0.4, -0.2) is 27.0 Å². The van der Waals surface area contributed by atoms with Crippen LogP contribution in [0.1, 0.15) is 26.3 Å². The molecule has 7 nitrogen and oxygen atoms in total. The first-order valence-electron chi connectivity index (χ1n) is 8.54. The summed E-state index contributed by atoms with van der Waals surface area (Å²) in [6, 6.07) is 5.33. The Morgan fingerprint density at radius 1 is 1.19 bits per heavy atom. The van der Waals surface area contributed by atoms with Gasteiger partial charge in [-0.3, -0.25) is 9.97 Å². The highest BCUT2D eigenvalue weighted by molar-refractivity contribution is 5.93. The number of nitrogens with two attached hydrogens (primary N) is 1. The van der Waals surface area contributed by atoms with Gasteiger partial charge in [0.05, 0.1) is 5.69 Å². The Balaban J connectivity index is 2.00. The SMILES string of the molecule is CCc1ccncc1-c1cc2cc(N(N)C(=O)NC(C)C)ncc2cn1. The van der Waals surface area contributed by atoms with E-state index in [1.165, 1.54) is 5.56 Å². The minimum Gasteiger partial charge on any atom is -0.334 e. The smallest absolute Gasteiger partial charge is 0.334 e. The highest BCUT2D eigenvalue weighted by atomic mass is 16.2. The predicted octanol–water partition coefficient (Wildman–Crippen LogP) is 3.05. The van der Waals surface area contributed by atoms with Gasteiger partial charge in [-0.05, 0) is 49.4 Å². The lowest BCUT2D eigenvalue weighted by atomic mass is 10.0. The number of nitrogens with zero attached hydrogens (tertiary/aromatic N) is 4. The molecule has 0 radical (unpaired) electrons. The van der Waals surface area contributed by atoms with Crippen molar-refractivity contribution in [1.29, 1.82) is 0 Å². The number of fused-ring (bicyclic) bond motifs is 1. The number of carbonyl (C=O) groups is 1. The van der Waals surface area contributed by atoms with E-state index >= 15 is 0 Å². The molecule has 3 aromatic rings. The van der Waals surface area contributed by atoms with Gasteiger partial charge in [0.2, 0.25) is 0 Å². The number of rotatable bonds is 4. The molecular formula is C19H22N6O. The highest BCUT2D eigenvalue weighted by Crippen LogP contribution is 2.26. The zero-order valence-corrected chi connectivity index (χ0v) is 15.1. The van der Waals surface area contributed by atoms with Gasteiger partial charge in [0.1, 0.15) is 0 Å². The number of amides is 2. The van der Waals surface area contributed by atoms with E-state index in [4.69, 9.17) is 5.84 Å². The van der Waals surface area contributed by atoms with Crippen molar-refractivity contribution in [3.63, 3.8) is 0 Å². The lowest BCUT2D eigenvalue weighted by Crippen LogP contribution is -2.47. The number of carbonyl (C=O) groups excluding carboxylic acids is 1. The van der Waals surface area contributed by atoms with Crippen LogP contribution >= 0.6 is 0 Å². The molecule has 0 aliphatic heterocycles. The van der Waals surface area contributed by atoms with Gasteiger partial charge in [0.15, 0.2) is 5.82 Å². The second-order valence-electron chi connectivity index (χ2n) is 6.32. The van der Waals surface area contributed by atoms with Gasteiger partial charge in [-0.2, -0.15) is 0 Å². The number of aryl methyl sites for hydroxylation is 1. The van der Waals surface area contributed by atoms with Crippen LogP contribution in [0.5, 0.6) is 0 Å². The van der Waals surface area contributed by atoms with Crippen molar-refractivity contribution < 1.29 is 4.79 Å². The Labute approximate surface area is 152 Å². The minimum atomic E-state index is -0.401. The summed E-state index contributed by atoms with van der Waals surface area (Å²) in [6.45, 7) is 5.84. The van der Waals surface area contributed by atoms with Crippen LogP contribution in [0, 0.1) is 0 Å². The first kappa shape index (κ1) is 17.8. The van der Waals surface area contributed by atoms with Gasteiger partial charge in [-0.15, -0.1) is 0 Å². The summed E-state index contributed by atoms with van der Waals surface area (Å²) in [6.07, 6.45) is 7.92. The summed E-state index contributed by atoms with van der Waals surface area (Å²) in [7, 11) is 0. The number of aromatic nitrogens is 3. The van der Waals surface area contributed by atoms with Gasteiger partial charge >= 0.3 is 6.03 Å². The average Bonchev–Trinajstić information content (AvgIpc) is 2.65. The van der Waals surface area contributed by atoms with Crippen LogP contribution in [0.15, 0.2) is 43.0 Å². The maximum Gasteiger partial charge on any atom is 0.337 e. The summed E-state index contributed by atoms with van der Waals surface area (Å²) in [5.74, 6) is 6.28. The molecule has 0 aliphatic rings. The number of hydrogen-bond acceptors (Lipinski definition) is 5. The molecule has 0 aromatic carbocycles. The molecule has 0 saturated carbocycles. The molecule has 3 heterocycles. The van der Waals surface area contributed by atoms with Crippen molar-refractivity contribution in [3.05, 3.63) is 48.5 Å². The van der Waals surface area contributed by atoms with E-state index in [2.05, 4.69) is 27.2 Å². The van der Waals surface area contributed by atoms with Gasteiger partial charge in [-0.1, -0.05) is 6.92 Å². The Morgan fingerprint density at radius 3 is 2.69 bits per heavy atom. The molecule has 0 unspecified atom stereocenters. The maximum atomic E-state index is 12.1.